The molecule has 0 bridgehead atoms. The molecular formula is C17H26ClN3O2. The number of carbonyl (C=O) groups excluding carboxylic acids is 2. The molecule has 1 fully saturated rings. The second kappa shape index (κ2) is 8.89. The van der Waals surface area contributed by atoms with Gasteiger partial charge in [0.05, 0.1) is 6.42 Å². The van der Waals surface area contributed by atoms with Crippen molar-refractivity contribution in [2.24, 2.45) is 11.7 Å². The number of anilines is 1. The first kappa shape index (κ1) is 19.5. The van der Waals surface area contributed by atoms with Gasteiger partial charge >= 0.3 is 0 Å². The Balaban J connectivity index is 0.00000264. The number of nitrogens with zero attached hydrogens (tertiary/aromatic N) is 1. The highest BCUT2D eigenvalue weighted by molar-refractivity contribution is 5.91. The molecule has 2 amide bonds. The molecule has 5 nitrogen and oxygen atoms in total. The number of hydrogen-bond acceptors (Lipinski definition) is 3. The van der Waals surface area contributed by atoms with Crippen molar-refractivity contribution in [2.45, 2.75) is 38.1 Å². The lowest BCUT2D eigenvalue weighted by molar-refractivity contribution is -0.128. The number of rotatable bonds is 5. The molecule has 1 aliphatic carbocycles. The van der Waals surface area contributed by atoms with Crippen molar-refractivity contribution < 1.29 is 9.59 Å². The smallest absolute Gasteiger partial charge is 0.226 e. The van der Waals surface area contributed by atoms with Crippen LogP contribution < -0.4 is 11.1 Å². The minimum Gasteiger partial charge on any atom is -0.349 e. The van der Waals surface area contributed by atoms with Gasteiger partial charge in [0.1, 0.15) is 0 Å². The molecular weight excluding hydrogens is 314 g/mol. The number of amides is 2. The molecule has 0 saturated heterocycles. The third-order valence-electron chi connectivity index (χ3n) is 4.26. The number of likely N-dealkylation sites (N-methyl/N-ethyl adjacent to an activating group) is 1. The largest absolute Gasteiger partial charge is 0.349 e. The van der Waals surface area contributed by atoms with Gasteiger partial charge in [-0.2, -0.15) is 0 Å². The Hall–Kier alpha value is -1.59. The second-order valence-electron chi connectivity index (χ2n) is 6.27. The first-order valence-corrected chi connectivity index (χ1v) is 7.80. The van der Waals surface area contributed by atoms with Crippen LogP contribution in [0.4, 0.5) is 5.69 Å². The lowest BCUT2D eigenvalue weighted by Gasteiger charge is -2.15. The second-order valence-corrected chi connectivity index (χ2v) is 6.27. The molecule has 0 radical (unpaired) electrons. The zero-order chi connectivity index (χ0) is 16.1. The average molecular weight is 340 g/mol. The lowest BCUT2D eigenvalue weighted by Crippen LogP contribution is -2.28. The number of carbonyl (C=O) groups is 2. The van der Waals surface area contributed by atoms with Crippen LogP contribution in [0.15, 0.2) is 24.3 Å². The van der Waals surface area contributed by atoms with Gasteiger partial charge in [0.2, 0.25) is 11.8 Å². The third-order valence-corrected chi connectivity index (χ3v) is 4.26. The molecule has 6 heteroatoms. The van der Waals surface area contributed by atoms with E-state index in [2.05, 4.69) is 5.32 Å². The van der Waals surface area contributed by atoms with E-state index in [1.165, 1.54) is 0 Å². The Bertz CT molecular complexity index is 531. The summed E-state index contributed by atoms with van der Waals surface area (Å²) in [5.74, 6) is 0.378. The quantitative estimate of drug-likeness (QED) is 0.863. The topological polar surface area (TPSA) is 75.4 Å². The molecule has 1 aliphatic rings. The normalized spacial score (nSPS) is 19.8. The highest BCUT2D eigenvalue weighted by Crippen LogP contribution is 2.27. The summed E-state index contributed by atoms with van der Waals surface area (Å²) in [7, 11) is 3.48. The molecule has 23 heavy (non-hydrogen) atoms. The van der Waals surface area contributed by atoms with Crippen LogP contribution >= 0.6 is 12.4 Å². The van der Waals surface area contributed by atoms with Gasteiger partial charge in [-0.1, -0.05) is 18.6 Å². The van der Waals surface area contributed by atoms with E-state index in [1.807, 2.05) is 24.3 Å². The van der Waals surface area contributed by atoms with E-state index in [4.69, 9.17) is 5.73 Å². The summed E-state index contributed by atoms with van der Waals surface area (Å²) in [5, 5.41) is 2.90. The first-order chi connectivity index (χ1) is 10.5. The maximum absolute atomic E-state index is 12.0. The van der Waals surface area contributed by atoms with Crippen LogP contribution in [0.2, 0.25) is 0 Å². The zero-order valence-corrected chi connectivity index (χ0v) is 14.6. The van der Waals surface area contributed by atoms with Gasteiger partial charge in [-0.15, -0.1) is 12.4 Å². The van der Waals surface area contributed by atoms with E-state index in [0.29, 0.717) is 18.8 Å². The Labute approximate surface area is 144 Å². The molecule has 0 aromatic heterocycles. The van der Waals surface area contributed by atoms with Crippen molar-refractivity contribution >= 4 is 29.9 Å². The minimum absolute atomic E-state index is 0. The highest BCUT2D eigenvalue weighted by atomic mass is 35.5. The van der Waals surface area contributed by atoms with Crippen LogP contribution in [0, 0.1) is 5.92 Å². The van der Waals surface area contributed by atoms with Gasteiger partial charge in [-0.25, -0.2) is 0 Å². The first-order valence-electron chi connectivity index (χ1n) is 7.80. The standard InChI is InChI=1S/C17H25N3O2.ClH/c1-20(2)17(22)10-12-6-8-14(9-7-12)19-16(21)11-13-4-3-5-15(13)18;/h6-9,13,15H,3-5,10-11,18H2,1-2H3,(H,19,21);1H/t13-,15+;/m0./s1. The summed E-state index contributed by atoms with van der Waals surface area (Å²) in [6, 6.07) is 7.58. The van der Waals surface area contributed by atoms with Gasteiger partial charge < -0.3 is 16.0 Å². The molecule has 2 rings (SSSR count). The summed E-state index contributed by atoms with van der Waals surface area (Å²) in [6.07, 6.45) is 4.04. The van der Waals surface area contributed by atoms with Gasteiger partial charge in [-0.05, 0) is 36.5 Å². The predicted octanol–water partition coefficient (Wildman–Crippen LogP) is 2.20. The zero-order valence-electron chi connectivity index (χ0n) is 13.7. The number of halogens is 1. The molecule has 0 heterocycles. The van der Waals surface area contributed by atoms with Crippen LogP contribution in [-0.4, -0.2) is 36.9 Å². The fraction of sp³-hybridized carbons (Fsp3) is 0.529. The minimum atomic E-state index is 0. The number of nitrogens with two attached hydrogens (primary N) is 1. The molecule has 3 N–H and O–H groups in total. The summed E-state index contributed by atoms with van der Waals surface area (Å²) >= 11 is 0. The average Bonchev–Trinajstić information content (AvgIpc) is 2.86. The molecule has 1 saturated carbocycles. The Morgan fingerprint density at radius 1 is 1.22 bits per heavy atom. The van der Waals surface area contributed by atoms with Gasteiger partial charge in [0, 0.05) is 32.2 Å². The summed E-state index contributed by atoms with van der Waals surface area (Å²) < 4.78 is 0. The fourth-order valence-corrected chi connectivity index (χ4v) is 2.81. The lowest BCUT2D eigenvalue weighted by atomic mass is 10.00. The van der Waals surface area contributed by atoms with Crippen molar-refractivity contribution in [2.75, 3.05) is 19.4 Å². The summed E-state index contributed by atoms with van der Waals surface area (Å²) in [5.41, 5.74) is 7.70. The SMILES string of the molecule is CN(C)C(=O)Cc1ccc(NC(=O)C[C@@H]2CCC[C@H]2N)cc1.Cl. The van der Waals surface area contributed by atoms with Gasteiger partial charge in [-0.3, -0.25) is 9.59 Å². The number of benzene rings is 1. The molecule has 128 valence electrons. The van der Waals surface area contributed by atoms with Crippen molar-refractivity contribution in [1.29, 1.82) is 0 Å². The fourth-order valence-electron chi connectivity index (χ4n) is 2.81. The van der Waals surface area contributed by atoms with Crippen LogP contribution in [0.1, 0.15) is 31.2 Å². The Morgan fingerprint density at radius 3 is 2.39 bits per heavy atom. The maximum atomic E-state index is 12.0. The van der Waals surface area contributed by atoms with E-state index in [-0.39, 0.29) is 30.3 Å². The van der Waals surface area contributed by atoms with Gasteiger partial charge in [0.25, 0.3) is 0 Å². The summed E-state index contributed by atoms with van der Waals surface area (Å²) in [4.78, 5) is 25.3. The number of hydrogen-bond donors (Lipinski definition) is 2. The van der Waals surface area contributed by atoms with E-state index in [9.17, 15) is 9.59 Å². The van der Waals surface area contributed by atoms with Crippen molar-refractivity contribution in [3.05, 3.63) is 29.8 Å². The predicted molar refractivity (Wildman–Crippen MR) is 94.7 cm³/mol. The monoisotopic (exact) mass is 339 g/mol. The Kier molecular flexibility index (Phi) is 7.52. The molecule has 1 aromatic carbocycles. The van der Waals surface area contributed by atoms with Crippen LogP contribution in [-0.2, 0) is 16.0 Å². The van der Waals surface area contributed by atoms with Crippen molar-refractivity contribution in [3.63, 3.8) is 0 Å². The van der Waals surface area contributed by atoms with Crippen molar-refractivity contribution in [3.8, 4) is 0 Å². The molecule has 0 unspecified atom stereocenters. The van der Waals surface area contributed by atoms with Gasteiger partial charge in [0.15, 0.2) is 0 Å². The number of nitrogens with one attached hydrogen (secondary N) is 1. The van der Waals surface area contributed by atoms with Crippen molar-refractivity contribution in [1.82, 2.24) is 4.90 Å². The highest BCUT2D eigenvalue weighted by Gasteiger charge is 2.25. The third kappa shape index (κ3) is 5.84. The maximum Gasteiger partial charge on any atom is 0.226 e. The van der Waals surface area contributed by atoms with Crippen LogP contribution in [0.25, 0.3) is 0 Å². The Morgan fingerprint density at radius 2 is 1.87 bits per heavy atom. The van der Waals surface area contributed by atoms with E-state index >= 15 is 0 Å². The summed E-state index contributed by atoms with van der Waals surface area (Å²) in [6.45, 7) is 0. The van der Waals surface area contributed by atoms with Crippen LogP contribution in [0.5, 0.6) is 0 Å². The van der Waals surface area contributed by atoms with E-state index in [0.717, 1.165) is 30.5 Å². The molecule has 1 aromatic rings. The van der Waals surface area contributed by atoms with E-state index < -0.39 is 0 Å². The molecule has 0 spiro atoms. The molecule has 0 aliphatic heterocycles. The molecule has 2 atom stereocenters. The van der Waals surface area contributed by atoms with E-state index in [1.54, 1.807) is 19.0 Å². The van der Waals surface area contributed by atoms with Crippen LogP contribution in [0.3, 0.4) is 0 Å².